The summed E-state index contributed by atoms with van der Waals surface area (Å²) in [6.07, 6.45) is 1.05. The molecule has 3 rings (SSSR count). The lowest BCUT2D eigenvalue weighted by atomic mass is 10.1. The van der Waals surface area contributed by atoms with E-state index in [4.69, 9.17) is 16.3 Å². The molecule has 1 N–H and O–H groups in total. The molecule has 0 amide bonds. The zero-order chi connectivity index (χ0) is 11.0. The molecule has 16 heavy (non-hydrogen) atoms. The number of para-hydroxylation sites is 1. The predicted octanol–water partition coefficient (Wildman–Crippen LogP) is 1.90. The van der Waals surface area contributed by atoms with Gasteiger partial charge in [-0.25, -0.2) is 0 Å². The molecule has 0 bridgehead atoms. The number of nitrogens with zero attached hydrogens (tertiary/aromatic N) is 1. The molecule has 2 heterocycles. The molecule has 0 saturated carbocycles. The first-order valence-corrected chi connectivity index (χ1v) is 6.13. The smallest absolute Gasteiger partial charge is 0.161 e. The lowest BCUT2D eigenvalue weighted by molar-refractivity contribution is 0.304. The second-order valence-electron chi connectivity index (χ2n) is 4.28. The van der Waals surface area contributed by atoms with E-state index in [-0.39, 0.29) is 0 Å². The van der Waals surface area contributed by atoms with Gasteiger partial charge in [-0.3, -0.25) is 0 Å². The second-order valence-corrected chi connectivity index (χ2v) is 4.68. The molecule has 0 spiro atoms. The summed E-state index contributed by atoms with van der Waals surface area (Å²) in [6.45, 7) is 3.85. The van der Waals surface area contributed by atoms with Crippen LogP contribution in [0.25, 0.3) is 0 Å². The van der Waals surface area contributed by atoms with Crippen molar-refractivity contribution < 1.29 is 4.74 Å². The lowest BCUT2D eigenvalue weighted by Crippen LogP contribution is -2.51. The number of hydrogen-bond acceptors (Lipinski definition) is 3. The van der Waals surface area contributed by atoms with Crippen molar-refractivity contribution >= 4 is 17.3 Å². The van der Waals surface area contributed by atoms with Crippen LogP contribution in [0.4, 0.5) is 5.69 Å². The van der Waals surface area contributed by atoms with Gasteiger partial charge in [0, 0.05) is 32.1 Å². The highest BCUT2D eigenvalue weighted by atomic mass is 35.5. The molecule has 86 valence electrons. The molecule has 0 aliphatic carbocycles. The van der Waals surface area contributed by atoms with Gasteiger partial charge in [-0.15, -0.1) is 0 Å². The van der Waals surface area contributed by atoms with E-state index in [1.54, 1.807) is 0 Å². The molecule has 0 radical (unpaired) electrons. The zero-order valence-electron chi connectivity index (χ0n) is 9.08. The van der Waals surface area contributed by atoms with Gasteiger partial charge in [0.25, 0.3) is 0 Å². The topological polar surface area (TPSA) is 24.5 Å². The molecule has 0 aromatic heterocycles. The van der Waals surface area contributed by atoms with Gasteiger partial charge in [0.15, 0.2) is 5.75 Å². The van der Waals surface area contributed by atoms with E-state index in [1.165, 1.54) is 0 Å². The van der Waals surface area contributed by atoms with E-state index in [9.17, 15) is 0 Å². The van der Waals surface area contributed by atoms with Gasteiger partial charge >= 0.3 is 0 Å². The highest BCUT2D eigenvalue weighted by Crippen LogP contribution is 2.38. The largest absolute Gasteiger partial charge is 0.490 e. The van der Waals surface area contributed by atoms with Crippen LogP contribution in [0.2, 0.25) is 5.02 Å². The fourth-order valence-corrected chi connectivity index (χ4v) is 2.72. The summed E-state index contributed by atoms with van der Waals surface area (Å²) >= 11 is 6.18. The molecule has 3 nitrogen and oxygen atoms in total. The third kappa shape index (κ3) is 1.64. The number of benzene rings is 1. The van der Waals surface area contributed by atoms with Crippen molar-refractivity contribution in [1.29, 1.82) is 0 Å². The van der Waals surface area contributed by atoms with Gasteiger partial charge < -0.3 is 15.0 Å². The normalized spacial score (nSPS) is 24.1. The molecule has 2 aliphatic rings. The highest BCUT2D eigenvalue weighted by molar-refractivity contribution is 6.32. The van der Waals surface area contributed by atoms with Gasteiger partial charge in [0.1, 0.15) is 0 Å². The van der Waals surface area contributed by atoms with E-state index < -0.39 is 0 Å². The SMILES string of the molecule is Clc1cccc2c1OCC[C@H]1CNCCN21. The van der Waals surface area contributed by atoms with Crippen molar-refractivity contribution in [3.63, 3.8) is 0 Å². The van der Waals surface area contributed by atoms with Gasteiger partial charge in [0.2, 0.25) is 0 Å². The Morgan fingerprint density at radius 2 is 2.38 bits per heavy atom. The van der Waals surface area contributed by atoms with Crippen molar-refractivity contribution in [1.82, 2.24) is 5.32 Å². The van der Waals surface area contributed by atoms with E-state index >= 15 is 0 Å². The van der Waals surface area contributed by atoms with Crippen LogP contribution >= 0.6 is 11.6 Å². The minimum Gasteiger partial charge on any atom is -0.490 e. The summed E-state index contributed by atoms with van der Waals surface area (Å²) in [5.41, 5.74) is 1.15. The third-order valence-electron chi connectivity index (χ3n) is 3.30. The number of fused-ring (bicyclic) bond motifs is 3. The molecule has 1 aromatic carbocycles. The summed E-state index contributed by atoms with van der Waals surface area (Å²) in [5.74, 6) is 0.855. The monoisotopic (exact) mass is 238 g/mol. The Bertz CT molecular complexity index is 397. The Balaban J connectivity index is 2.04. The van der Waals surface area contributed by atoms with E-state index in [0.717, 1.165) is 49.1 Å². The van der Waals surface area contributed by atoms with Crippen molar-refractivity contribution in [2.75, 3.05) is 31.1 Å². The molecule has 1 aromatic rings. The average Bonchev–Trinajstić information content (AvgIpc) is 2.50. The summed E-state index contributed by atoms with van der Waals surface area (Å²) in [5, 5.41) is 4.15. The molecule has 2 aliphatic heterocycles. The van der Waals surface area contributed by atoms with Gasteiger partial charge in [-0.2, -0.15) is 0 Å². The van der Waals surface area contributed by atoms with Crippen LogP contribution in [0.15, 0.2) is 18.2 Å². The summed E-state index contributed by atoms with van der Waals surface area (Å²) < 4.78 is 5.77. The fraction of sp³-hybridized carbons (Fsp3) is 0.500. The Labute approximate surface area is 100 Å². The van der Waals surface area contributed by atoms with Gasteiger partial charge in [-0.05, 0) is 12.1 Å². The zero-order valence-corrected chi connectivity index (χ0v) is 9.83. The molecule has 1 saturated heterocycles. The summed E-state index contributed by atoms with van der Waals surface area (Å²) in [7, 11) is 0. The minimum absolute atomic E-state index is 0.536. The maximum Gasteiger partial charge on any atom is 0.161 e. The lowest BCUT2D eigenvalue weighted by Gasteiger charge is -2.36. The predicted molar refractivity (Wildman–Crippen MR) is 65.6 cm³/mol. The Hall–Kier alpha value is -0.930. The van der Waals surface area contributed by atoms with Crippen LogP contribution in [0.5, 0.6) is 5.75 Å². The molecular weight excluding hydrogens is 224 g/mol. The first-order chi connectivity index (χ1) is 7.86. The van der Waals surface area contributed by atoms with Crippen LogP contribution in [-0.4, -0.2) is 32.3 Å². The summed E-state index contributed by atoms with van der Waals surface area (Å²) in [6, 6.07) is 6.52. The van der Waals surface area contributed by atoms with Crippen molar-refractivity contribution in [2.45, 2.75) is 12.5 Å². The molecule has 0 unspecified atom stereocenters. The third-order valence-corrected chi connectivity index (χ3v) is 3.60. The van der Waals surface area contributed by atoms with Gasteiger partial charge in [0.05, 0.1) is 17.3 Å². The van der Waals surface area contributed by atoms with Gasteiger partial charge in [-0.1, -0.05) is 17.7 Å². The van der Waals surface area contributed by atoms with E-state index in [1.807, 2.05) is 12.1 Å². The number of ether oxygens (including phenoxy) is 1. The minimum atomic E-state index is 0.536. The molecule has 1 atom stereocenters. The highest BCUT2D eigenvalue weighted by Gasteiger charge is 2.28. The van der Waals surface area contributed by atoms with Crippen molar-refractivity contribution in [3.8, 4) is 5.75 Å². The number of halogens is 1. The molecule has 1 fully saturated rings. The first kappa shape index (κ1) is 10.2. The number of piperazine rings is 1. The molecular formula is C12H15ClN2O. The molecule has 4 heteroatoms. The Morgan fingerprint density at radius 1 is 1.44 bits per heavy atom. The van der Waals surface area contributed by atoms with Crippen LogP contribution < -0.4 is 15.0 Å². The van der Waals surface area contributed by atoms with Crippen LogP contribution in [0.1, 0.15) is 6.42 Å². The van der Waals surface area contributed by atoms with E-state index in [2.05, 4.69) is 16.3 Å². The number of nitrogens with one attached hydrogen (secondary N) is 1. The summed E-state index contributed by atoms with van der Waals surface area (Å²) in [4.78, 5) is 2.42. The Morgan fingerprint density at radius 3 is 3.31 bits per heavy atom. The Kier molecular flexibility index (Phi) is 2.65. The number of anilines is 1. The maximum atomic E-state index is 6.18. The quantitative estimate of drug-likeness (QED) is 0.747. The average molecular weight is 239 g/mol. The van der Waals surface area contributed by atoms with Crippen molar-refractivity contribution in [3.05, 3.63) is 23.2 Å². The second kappa shape index (κ2) is 4.15. The first-order valence-electron chi connectivity index (χ1n) is 5.75. The number of rotatable bonds is 0. The fourth-order valence-electron chi connectivity index (χ4n) is 2.50. The van der Waals surface area contributed by atoms with Crippen molar-refractivity contribution in [2.24, 2.45) is 0 Å². The number of hydrogen-bond donors (Lipinski definition) is 1. The standard InChI is InChI=1S/C12H15ClN2O/c13-10-2-1-3-11-12(10)16-7-4-9-8-14-5-6-15(9)11/h1-3,9,14H,4-8H2/t9-/m0/s1. The van der Waals surface area contributed by atoms with E-state index in [0.29, 0.717) is 6.04 Å². The van der Waals surface area contributed by atoms with Crippen LogP contribution in [0.3, 0.4) is 0 Å². The van der Waals surface area contributed by atoms with Crippen LogP contribution in [0, 0.1) is 0 Å². The maximum absolute atomic E-state index is 6.18. The van der Waals surface area contributed by atoms with Crippen LogP contribution in [-0.2, 0) is 0 Å².